The number of amides is 2. The Morgan fingerprint density at radius 2 is 1.95 bits per heavy atom. The lowest BCUT2D eigenvalue weighted by Crippen LogP contribution is -2.26. The lowest BCUT2D eigenvalue weighted by Gasteiger charge is -2.06. The van der Waals surface area contributed by atoms with Gasteiger partial charge >= 0.3 is 12.0 Å². The van der Waals surface area contributed by atoms with Crippen LogP contribution in [0.2, 0.25) is 5.02 Å². The Hall–Kier alpha value is -1.73. The first-order valence-corrected chi connectivity index (χ1v) is 6.70. The van der Waals surface area contributed by atoms with Crippen LogP contribution in [0.15, 0.2) is 29.4 Å². The van der Waals surface area contributed by atoms with Crippen molar-refractivity contribution in [2.75, 3.05) is 11.5 Å². The molecule has 1 aromatic rings. The van der Waals surface area contributed by atoms with Crippen LogP contribution in [0, 0.1) is 0 Å². The molecule has 0 saturated carbocycles. The van der Waals surface area contributed by atoms with E-state index in [4.69, 9.17) is 22.4 Å². The van der Waals surface area contributed by atoms with Gasteiger partial charge in [-0.25, -0.2) is 10.2 Å². The Balaban J connectivity index is 2.79. The van der Waals surface area contributed by atoms with Crippen molar-refractivity contribution >= 4 is 41.1 Å². The smallest absolute Gasteiger partial charge is 0.332 e. The summed E-state index contributed by atoms with van der Waals surface area (Å²) < 4.78 is 0. The Morgan fingerprint density at radius 3 is 2.47 bits per heavy atom. The third kappa shape index (κ3) is 6.12. The SMILES string of the molecule is NC(=O)N/N=C(\CSCC(=O)O)c1ccc(Cl)cc1. The zero-order valence-corrected chi connectivity index (χ0v) is 11.4. The van der Waals surface area contributed by atoms with E-state index in [-0.39, 0.29) is 5.75 Å². The van der Waals surface area contributed by atoms with E-state index >= 15 is 0 Å². The summed E-state index contributed by atoms with van der Waals surface area (Å²) in [5.41, 5.74) is 8.32. The summed E-state index contributed by atoms with van der Waals surface area (Å²) >= 11 is 6.94. The van der Waals surface area contributed by atoms with Gasteiger partial charge in [-0.3, -0.25) is 4.79 Å². The number of hydrogen-bond acceptors (Lipinski definition) is 4. The van der Waals surface area contributed by atoms with Gasteiger partial charge in [-0.15, -0.1) is 11.8 Å². The number of urea groups is 1. The molecule has 0 aliphatic rings. The number of hydrazone groups is 1. The number of carboxylic acids is 1. The summed E-state index contributed by atoms with van der Waals surface area (Å²) in [4.78, 5) is 21.1. The van der Waals surface area contributed by atoms with Crippen LogP contribution in [0.5, 0.6) is 0 Å². The maximum atomic E-state index is 10.7. The quantitative estimate of drug-likeness (QED) is 0.547. The minimum absolute atomic E-state index is 0.0524. The van der Waals surface area contributed by atoms with Crippen LogP contribution in [0.3, 0.4) is 0 Å². The molecule has 0 aromatic heterocycles. The summed E-state index contributed by atoms with van der Waals surface area (Å²) in [6, 6.07) is 6.03. The van der Waals surface area contributed by atoms with Gasteiger partial charge in [-0.1, -0.05) is 23.7 Å². The highest BCUT2D eigenvalue weighted by Gasteiger charge is 2.07. The number of thioether (sulfide) groups is 1. The van der Waals surface area contributed by atoms with Crippen LogP contribution >= 0.6 is 23.4 Å². The number of halogens is 1. The summed E-state index contributed by atoms with van der Waals surface area (Å²) in [5.74, 6) is -0.638. The number of carbonyl (C=O) groups is 2. The summed E-state index contributed by atoms with van der Waals surface area (Å²) in [6.07, 6.45) is 0. The molecule has 0 heterocycles. The minimum Gasteiger partial charge on any atom is -0.481 e. The third-order valence-electron chi connectivity index (χ3n) is 1.94. The second-order valence-electron chi connectivity index (χ2n) is 3.43. The Labute approximate surface area is 119 Å². The number of carboxylic acid groups (broad SMARTS) is 1. The van der Waals surface area contributed by atoms with Crippen molar-refractivity contribution in [1.82, 2.24) is 5.43 Å². The summed E-state index contributed by atoms with van der Waals surface area (Å²) in [5, 5.41) is 13.0. The molecule has 0 radical (unpaired) electrons. The van der Waals surface area contributed by atoms with Gasteiger partial charge in [0.2, 0.25) is 0 Å². The zero-order chi connectivity index (χ0) is 14.3. The first kappa shape index (κ1) is 15.3. The number of carbonyl (C=O) groups excluding carboxylic acids is 1. The molecular formula is C11H12ClN3O3S. The van der Waals surface area contributed by atoms with Crippen LogP contribution in [0.4, 0.5) is 4.79 Å². The second kappa shape index (κ2) is 7.65. The predicted molar refractivity (Wildman–Crippen MR) is 75.7 cm³/mol. The van der Waals surface area contributed by atoms with Gasteiger partial charge in [-0.2, -0.15) is 5.10 Å². The molecule has 0 unspecified atom stereocenters. The van der Waals surface area contributed by atoms with Gasteiger partial charge in [-0.05, 0) is 17.7 Å². The molecule has 102 valence electrons. The highest BCUT2D eigenvalue weighted by molar-refractivity contribution is 8.00. The van der Waals surface area contributed by atoms with E-state index in [1.807, 2.05) is 0 Å². The normalized spacial score (nSPS) is 11.1. The van der Waals surface area contributed by atoms with E-state index in [1.54, 1.807) is 24.3 Å². The molecule has 6 nitrogen and oxygen atoms in total. The molecule has 0 spiro atoms. The van der Waals surface area contributed by atoms with Gasteiger partial charge in [0.25, 0.3) is 0 Å². The Kier molecular flexibility index (Phi) is 6.17. The number of nitrogens with two attached hydrogens (primary N) is 1. The molecule has 0 bridgehead atoms. The van der Waals surface area contributed by atoms with Crippen LogP contribution in [0.1, 0.15) is 5.56 Å². The number of benzene rings is 1. The predicted octanol–water partition coefficient (Wildman–Crippen LogP) is 1.53. The van der Waals surface area contributed by atoms with Crippen molar-refractivity contribution in [2.24, 2.45) is 10.8 Å². The average Bonchev–Trinajstić information content (AvgIpc) is 2.34. The van der Waals surface area contributed by atoms with Crippen LogP contribution < -0.4 is 11.2 Å². The minimum atomic E-state index is -0.914. The standard InChI is InChI=1S/C11H12ClN3O3S/c12-8-3-1-7(2-4-8)9(14-15-11(13)18)5-19-6-10(16)17/h1-4H,5-6H2,(H,16,17)(H3,13,15,18)/b14-9+. The van der Waals surface area contributed by atoms with Crippen molar-refractivity contribution in [3.63, 3.8) is 0 Å². The molecule has 8 heteroatoms. The van der Waals surface area contributed by atoms with Gasteiger partial charge in [0.1, 0.15) is 0 Å². The van der Waals surface area contributed by atoms with Gasteiger partial charge in [0.15, 0.2) is 0 Å². The molecule has 2 amide bonds. The average molecular weight is 302 g/mol. The number of aliphatic carboxylic acids is 1. The molecule has 0 atom stereocenters. The molecule has 0 saturated heterocycles. The van der Waals surface area contributed by atoms with E-state index in [0.29, 0.717) is 16.5 Å². The highest BCUT2D eigenvalue weighted by atomic mass is 35.5. The molecule has 1 rings (SSSR count). The Morgan fingerprint density at radius 1 is 1.32 bits per heavy atom. The fourth-order valence-corrected chi connectivity index (χ4v) is 2.01. The lowest BCUT2D eigenvalue weighted by atomic mass is 10.1. The molecular weight excluding hydrogens is 290 g/mol. The molecule has 19 heavy (non-hydrogen) atoms. The van der Waals surface area contributed by atoms with Crippen LogP contribution in [0.25, 0.3) is 0 Å². The molecule has 0 aliphatic heterocycles. The largest absolute Gasteiger partial charge is 0.481 e. The van der Waals surface area contributed by atoms with Crippen molar-refractivity contribution in [1.29, 1.82) is 0 Å². The first-order valence-electron chi connectivity index (χ1n) is 5.16. The van der Waals surface area contributed by atoms with E-state index < -0.39 is 12.0 Å². The summed E-state index contributed by atoms with van der Waals surface area (Å²) in [6.45, 7) is 0. The number of nitrogens with one attached hydrogen (secondary N) is 1. The molecule has 4 N–H and O–H groups in total. The fraction of sp³-hybridized carbons (Fsp3) is 0.182. The van der Waals surface area contributed by atoms with Crippen LogP contribution in [-0.2, 0) is 4.79 Å². The molecule has 1 aromatic carbocycles. The van der Waals surface area contributed by atoms with E-state index in [9.17, 15) is 9.59 Å². The number of primary amides is 1. The topological polar surface area (TPSA) is 105 Å². The van der Waals surface area contributed by atoms with Gasteiger partial charge < -0.3 is 10.8 Å². The number of hydrogen-bond donors (Lipinski definition) is 3. The lowest BCUT2D eigenvalue weighted by molar-refractivity contribution is -0.133. The van der Waals surface area contributed by atoms with Crippen molar-refractivity contribution in [3.8, 4) is 0 Å². The van der Waals surface area contributed by atoms with Crippen LogP contribution in [-0.4, -0.2) is 34.3 Å². The van der Waals surface area contributed by atoms with Crippen molar-refractivity contribution in [3.05, 3.63) is 34.9 Å². The summed E-state index contributed by atoms with van der Waals surface area (Å²) in [7, 11) is 0. The van der Waals surface area contributed by atoms with Gasteiger partial charge in [0, 0.05) is 10.8 Å². The second-order valence-corrected chi connectivity index (χ2v) is 4.85. The monoisotopic (exact) mass is 301 g/mol. The number of nitrogens with zero attached hydrogens (tertiary/aromatic N) is 1. The van der Waals surface area contributed by atoms with E-state index in [2.05, 4.69) is 10.5 Å². The maximum absolute atomic E-state index is 10.7. The maximum Gasteiger partial charge on any atom is 0.332 e. The van der Waals surface area contributed by atoms with Gasteiger partial charge in [0.05, 0.1) is 11.5 Å². The van der Waals surface area contributed by atoms with Crippen molar-refractivity contribution in [2.45, 2.75) is 0 Å². The molecule has 0 aliphatic carbocycles. The van der Waals surface area contributed by atoms with Crippen molar-refractivity contribution < 1.29 is 14.7 Å². The Bertz CT molecular complexity index is 490. The first-order chi connectivity index (χ1) is 8.99. The van der Waals surface area contributed by atoms with E-state index in [1.165, 1.54) is 0 Å². The fourth-order valence-electron chi connectivity index (χ4n) is 1.18. The number of rotatable bonds is 6. The third-order valence-corrected chi connectivity index (χ3v) is 3.12. The zero-order valence-electron chi connectivity index (χ0n) is 9.80. The highest BCUT2D eigenvalue weighted by Crippen LogP contribution is 2.13. The molecule has 0 fully saturated rings. The van der Waals surface area contributed by atoms with E-state index in [0.717, 1.165) is 17.3 Å².